The maximum atomic E-state index is 10.7. The molecular formula is C17H15O. The number of hydrogen-bond acceptors (Lipinski definition) is 1. The largest absolute Gasteiger partial charge is 0.286 e. The number of aryl methyl sites for hydroxylation is 2. The molecule has 0 spiro atoms. The molecule has 18 heavy (non-hydrogen) atoms. The number of rotatable bonds is 3. The number of hydrogen-bond donors (Lipinski definition) is 0. The van der Waals surface area contributed by atoms with Gasteiger partial charge in [-0.15, -0.1) is 0 Å². The van der Waals surface area contributed by atoms with Gasteiger partial charge in [0.2, 0.25) is 6.29 Å². The Morgan fingerprint density at radius 2 is 1.56 bits per heavy atom. The molecule has 0 aliphatic rings. The zero-order valence-corrected chi connectivity index (χ0v) is 10.6. The van der Waals surface area contributed by atoms with Crippen molar-refractivity contribution in [1.29, 1.82) is 0 Å². The third-order valence-electron chi connectivity index (χ3n) is 2.82. The smallest absolute Gasteiger partial charge is 0.226 e. The van der Waals surface area contributed by atoms with Crippen LogP contribution >= 0.6 is 0 Å². The highest BCUT2D eigenvalue weighted by atomic mass is 16.1. The summed E-state index contributed by atoms with van der Waals surface area (Å²) in [6.45, 7) is 4.12. The van der Waals surface area contributed by atoms with E-state index in [1.807, 2.05) is 36.6 Å². The first kappa shape index (κ1) is 12.3. The highest BCUT2D eigenvalue weighted by molar-refractivity contribution is 5.90. The first-order valence-corrected chi connectivity index (χ1v) is 5.92. The molecule has 0 unspecified atom stereocenters. The quantitative estimate of drug-likeness (QED) is 0.739. The fourth-order valence-electron chi connectivity index (χ4n) is 2.14. The summed E-state index contributed by atoms with van der Waals surface area (Å²) in [5.74, 6) is 0. The van der Waals surface area contributed by atoms with Crippen molar-refractivity contribution in [1.82, 2.24) is 0 Å². The number of allylic oxidation sites excluding steroid dienone is 1. The SMILES string of the molecule is Cc1cc(C)cc(C(=C[C]=O)c2ccccc2)c1. The van der Waals surface area contributed by atoms with Crippen molar-refractivity contribution in [2.24, 2.45) is 0 Å². The lowest BCUT2D eigenvalue weighted by atomic mass is 9.95. The summed E-state index contributed by atoms with van der Waals surface area (Å²) in [4.78, 5) is 10.7. The average Bonchev–Trinajstić information content (AvgIpc) is 2.36. The summed E-state index contributed by atoms with van der Waals surface area (Å²) in [6.07, 6.45) is 3.40. The molecule has 1 nitrogen and oxygen atoms in total. The molecule has 1 heteroatoms. The van der Waals surface area contributed by atoms with Gasteiger partial charge in [0.15, 0.2) is 0 Å². The second-order valence-corrected chi connectivity index (χ2v) is 4.42. The predicted molar refractivity (Wildman–Crippen MR) is 75.1 cm³/mol. The van der Waals surface area contributed by atoms with Crippen LogP contribution in [0.15, 0.2) is 54.6 Å². The molecule has 2 aromatic rings. The normalized spacial score (nSPS) is 11.3. The predicted octanol–water partition coefficient (Wildman–Crippen LogP) is 3.84. The van der Waals surface area contributed by atoms with Crippen LogP contribution in [-0.4, -0.2) is 6.29 Å². The highest BCUT2D eigenvalue weighted by Gasteiger charge is 2.05. The molecule has 2 rings (SSSR count). The molecule has 0 aliphatic heterocycles. The summed E-state index contributed by atoms with van der Waals surface area (Å²) in [5.41, 5.74) is 5.39. The summed E-state index contributed by atoms with van der Waals surface area (Å²) >= 11 is 0. The molecule has 0 aliphatic carbocycles. The van der Waals surface area contributed by atoms with Crippen molar-refractivity contribution in [3.05, 3.63) is 76.9 Å². The molecule has 0 fully saturated rings. The van der Waals surface area contributed by atoms with E-state index >= 15 is 0 Å². The van der Waals surface area contributed by atoms with Gasteiger partial charge in [-0.05, 0) is 36.6 Å². The van der Waals surface area contributed by atoms with Crippen molar-refractivity contribution in [3.63, 3.8) is 0 Å². The van der Waals surface area contributed by atoms with Crippen molar-refractivity contribution >= 4 is 11.9 Å². The van der Waals surface area contributed by atoms with Gasteiger partial charge in [0.25, 0.3) is 0 Å². The summed E-state index contributed by atoms with van der Waals surface area (Å²) in [6, 6.07) is 16.2. The van der Waals surface area contributed by atoms with Crippen LogP contribution in [0.3, 0.4) is 0 Å². The van der Waals surface area contributed by atoms with Gasteiger partial charge in [-0.25, -0.2) is 0 Å². The molecule has 0 saturated carbocycles. The van der Waals surface area contributed by atoms with Crippen LogP contribution in [0.5, 0.6) is 0 Å². The van der Waals surface area contributed by atoms with E-state index in [9.17, 15) is 4.79 Å². The molecule has 0 amide bonds. The third-order valence-corrected chi connectivity index (χ3v) is 2.82. The third kappa shape index (κ3) is 2.75. The molecule has 0 N–H and O–H groups in total. The minimum absolute atomic E-state index is 0.914. The van der Waals surface area contributed by atoms with Gasteiger partial charge in [-0.1, -0.05) is 59.7 Å². The fraction of sp³-hybridized carbons (Fsp3) is 0.118. The Morgan fingerprint density at radius 1 is 0.944 bits per heavy atom. The molecule has 0 aromatic heterocycles. The van der Waals surface area contributed by atoms with Crippen molar-refractivity contribution in [3.8, 4) is 0 Å². The van der Waals surface area contributed by atoms with Gasteiger partial charge in [-0.2, -0.15) is 0 Å². The van der Waals surface area contributed by atoms with Crippen LogP contribution in [0.4, 0.5) is 0 Å². The topological polar surface area (TPSA) is 17.1 Å². The van der Waals surface area contributed by atoms with Crippen molar-refractivity contribution in [2.45, 2.75) is 13.8 Å². The monoisotopic (exact) mass is 235 g/mol. The molecule has 0 atom stereocenters. The Labute approximate surface area is 108 Å². The molecule has 2 aromatic carbocycles. The van der Waals surface area contributed by atoms with E-state index in [-0.39, 0.29) is 0 Å². The Morgan fingerprint density at radius 3 is 2.11 bits per heavy atom. The molecular weight excluding hydrogens is 220 g/mol. The van der Waals surface area contributed by atoms with E-state index in [1.165, 1.54) is 17.2 Å². The van der Waals surface area contributed by atoms with E-state index < -0.39 is 0 Å². The van der Waals surface area contributed by atoms with E-state index in [1.54, 1.807) is 0 Å². The van der Waals surface area contributed by atoms with E-state index in [2.05, 4.69) is 32.0 Å². The maximum absolute atomic E-state index is 10.7. The van der Waals surface area contributed by atoms with E-state index in [0.717, 1.165) is 16.7 Å². The summed E-state index contributed by atoms with van der Waals surface area (Å²) < 4.78 is 0. The van der Waals surface area contributed by atoms with Gasteiger partial charge >= 0.3 is 0 Å². The van der Waals surface area contributed by atoms with Gasteiger partial charge in [0, 0.05) is 0 Å². The van der Waals surface area contributed by atoms with Crippen LogP contribution in [0.25, 0.3) is 5.57 Å². The second-order valence-electron chi connectivity index (χ2n) is 4.42. The van der Waals surface area contributed by atoms with Gasteiger partial charge < -0.3 is 0 Å². The van der Waals surface area contributed by atoms with Gasteiger partial charge in [0.05, 0.1) is 0 Å². The standard InChI is InChI=1S/C17H15O/c1-13-10-14(2)12-16(11-13)17(8-9-18)15-6-4-3-5-7-15/h3-8,10-12H,1-2H3. The van der Waals surface area contributed by atoms with Crippen LogP contribution in [0, 0.1) is 13.8 Å². The number of carbonyl (C=O) groups excluding carboxylic acids is 1. The molecule has 0 saturated heterocycles. The second kappa shape index (κ2) is 5.46. The van der Waals surface area contributed by atoms with Crippen LogP contribution < -0.4 is 0 Å². The maximum Gasteiger partial charge on any atom is 0.226 e. The highest BCUT2D eigenvalue weighted by Crippen LogP contribution is 2.24. The van der Waals surface area contributed by atoms with Crippen LogP contribution in [-0.2, 0) is 4.79 Å². The summed E-state index contributed by atoms with van der Waals surface area (Å²) in [7, 11) is 0. The zero-order chi connectivity index (χ0) is 13.0. The van der Waals surface area contributed by atoms with Crippen LogP contribution in [0.1, 0.15) is 22.3 Å². The lowest BCUT2D eigenvalue weighted by molar-refractivity contribution is 0.564. The molecule has 1 radical (unpaired) electrons. The minimum atomic E-state index is 0.914. The van der Waals surface area contributed by atoms with E-state index in [4.69, 9.17) is 0 Å². The van der Waals surface area contributed by atoms with Crippen molar-refractivity contribution < 1.29 is 4.79 Å². The van der Waals surface area contributed by atoms with E-state index in [0.29, 0.717) is 0 Å². The van der Waals surface area contributed by atoms with Crippen LogP contribution in [0.2, 0.25) is 0 Å². The fourth-order valence-corrected chi connectivity index (χ4v) is 2.14. The number of benzene rings is 2. The Hall–Kier alpha value is -2.15. The lowest BCUT2D eigenvalue weighted by Crippen LogP contribution is -1.91. The summed E-state index contributed by atoms with van der Waals surface area (Å²) in [5, 5.41) is 0. The molecule has 0 bridgehead atoms. The Balaban J connectivity index is 2.56. The first-order valence-electron chi connectivity index (χ1n) is 5.92. The minimum Gasteiger partial charge on any atom is -0.286 e. The van der Waals surface area contributed by atoms with Gasteiger partial charge in [0.1, 0.15) is 0 Å². The zero-order valence-electron chi connectivity index (χ0n) is 10.6. The van der Waals surface area contributed by atoms with Gasteiger partial charge in [-0.3, -0.25) is 4.79 Å². The van der Waals surface area contributed by atoms with Crippen molar-refractivity contribution in [2.75, 3.05) is 0 Å². The lowest BCUT2D eigenvalue weighted by Gasteiger charge is -2.09. The molecule has 89 valence electrons. The Bertz CT molecular complexity index is 560. The Kier molecular flexibility index (Phi) is 3.73. The first-order chi connectivity index (χ1) is 8.70. The average molecular weight is 235 g/mol. The molecule has 0 heterocycles.